The summed E-state index contributed by atoms with van der Waals surface area (Å²) in [6.45, 7) is 3.63. The maximum atomic E-state index is 12.6. The van der Waals surface area contributed by atoms with Crippen molar-refractivity contribution in [3.8, 4) is 0 Å². The zero-order chi connectivity index (χ0) is 18.9. The van der Waals surface area contributed by atoms with Crippen molar-refractivity contribution in [2.45, 2.75) is 19.9 Å². The number of rotatable bonds is 6. The van der Waals surface area contributed by atoms with E-state index in [4.69, 9.17) is 0 Å². The summed E-state index contributed by atoms with van der Waals surface area (Å²) < 4.78 is 0. The molecule has 2 rings (SSSR count). The largest absolute Gasteiger partial charge is 0.370 e. The molecule has 0 aliphatic carbocycles. The van der Waals surface area contributed by atoms with Crippen molar-refractivity contribution >= 4 is 29.2 Å². The van der Waals surface area contributed by atoms with E-state index in [0.717, 1.165) is 5.56 Å². The molecule has 0 heterocycles. The standard InChI is InChI=1S/C19H22N4O3/c1-3-20-19(26)23-18(25)17(14-7-5-4-6-8-14)22-16-11-9-15(10-12-16)21-13(2)24/h4-12,17,22H,3H2,1-2H3,(H,21,24)(H2,20,23,25,26)/t17-/m1/s1. The summed E-state index contributed by atoms with van der Waals surface area (Å²) in [6, 6.07) is 14.8. The Labute approximate surface area is 152 Å². The summed E-state index contributed by atoms with van der Waals surface area (Å²) in [4.78, 5) is 35.3. The SMILES string of the molecule is CCNC(=O)NC(=O)[C@H](Nc1ccc(NC(C)=O)cc1)c1ccccc1. The second kappa shape index (κ2) is 9.22. The maximum Gasteiger partial charge on any atom is 0.321 e. The molecule has 0 bridgehead atoms. The first kappa shape index (κ1) is 19.0. The van der Waals surface area contributed by atoms with Crippen molar-refractivity contribution in [2.24, 2.45) is 0 Å². The van der Waals surface area contributed by atoms with Crippen molar-refractivity contribution in [1.29, 1.82) is 0 Å². The van der Waals surface area contributed by atoms with Gasteiger partial charge in [-0.15, -0.1) is 0 Å². The average Bonchev–Trinajstić information content (AvgIpc) is 2.61. The first-order chi connectivity index (χ1) is 12.5. The fourth-order valence-electron chi connectivity index (χ4n) is 2.35. The molecule has 0 aromatic heterocycles. The van der Waals surface area contributed by atoms with Gasteiger partial charge in [0, 0.05) is 24.8 Å². The van der Waals surface area contributed by atoms with E-state index in [2.05, 4.69) is 21.3 Å². The van der Waals surface area contributed by atoms with Crippen LogP contribution in [-0.4, -0.2) is 24.4 Å². The normalized spacial score (nSPS) is 11.2. The van der Waals surface area contributed by atoms with Crippen LogP contribution in [0.15, 0.2) is 54.6 Å². The van der Waals surface area contributed by atoms with Gasteiger partial charge in [-0.1, -0.05) is 30.3 Å². The van der Waals surface area contributed by atoms with Crippen LogP contribution in [0.25, 0.3) is 0 Å². The van der Waals surface area contributed by atoms with E-state index in [1.807, 2.05) is 18.2 Å². The Bertz CT molecular complexity index is 760. The monoisotopic (exact) mass is 354 g/mol. The van der Waals surface area contributed by atoms with Crippen LogP contribution in [0.5, 0.6) is 0 Å². The molecule has 0 spiro atoms. The van der Waals surface area contributed by atoms with Crippen molar-refractivity contribution in [2.75, 3.05) is 17.2 Å². The summed E-state index contributed by atoms with van der Waals surface area (Å²) in [6.07, 6.45) is 0. The molecule has 0 saturated carbocycles. The van der Waals surface area contributed by atoms with E-state index in [0.29, 0.717) is 17.9 Å². The van der Waals surface area contributed by atoms with Crippen LogP contribution < -0.4 is 21.3 Å². The number of urea groups is 1. The van der Waals surface area contributed by atoms with Gasteiger partial charge in [-0.25, -0.2) is 4.79 Å². The molecule has 4 N–H and O–H groups in total. The summed E-state index contributed by atoms with van der Waals surface area (Å²) in [5.74, 6) is -0.623. The van der Waals surface area contributed by atoms with Crippen LogP contribution in [0.4, 0.5) is 16.2 Å². The number of carbonyl (C=O) groups excluding carboxylic acids is 3. The highest BCUT2D eigenvalue weighted by molar-refractivity contribution is 5.98. The average molecular weight is 354 g/mol. The van der Waals surface area contributed by atoms with Crippen LogP contribution in [0.3, 0.4) is 0 Å². The first-order valence-electron chi connectivity index (χ1n) is 8.27. The number of imide groups is 1. The Hall–Kier alpha value is -3.35. The highest BCUT2D eigenvalue weighted by atomic mass is 16.2. The molecule has 4 amide bonds. The fraction of sp³-hybridized carbons (Fsp3) is 0.211. The Kier molecular flexibility index (Phi) is 6.73. The van der Waals surface area contributed by atoms with E-state index >= 15 is 0 Å². The highest BCUT2D eigenvalue weighted by Crippen LogP contribution is 2.21. The Balaban J connectivity index is 2.17. The van der Waals surface area contributed by atoms with Gasteiger partial charge in [-0.3, -0.25) is 14.9 Å². The fourth-order valence-corrected chi connectivity index (χ4v) is 2.35. The third-order valence-corrected chi connectivity index (χ3v) is 3.49. The molecule has 26 heavy (non-hydrogen) atoms. The topological polar surface area (TPSA) is 99.3 Å². The van der Waals surface area contributed by atoms with E-state index < -0.39 is 18.0 Å². The van der Waals surface area contributed by atoms with Gasteiger partial charge in [0.1, 0.15) is 6.04 Å². The number of amides is 4. The van der Waals surface area contributed by atoms with Gasteiger partial charge >= 0.3 is 6.03 Å². The van der Waals surface area contributed by atoms with Crippen LogP contribution in [-0.2, 0) is 9.59 Å². The van der Waals surface area contributed by atoms with Gasteiger partial charge < -0.3 is 16.0 Å². The quantitative estimate of drug-likeness (QED) is 0.641. The highest BCUT2D eigenvalue weighted by Gasteiger charge is 2.22. The maximum absolute atomic E-state index is 12.6. The Morgan fingerprint density at radius 2 is 1.54 bits per heavy atom. The van der Waals surface area contributed by atoms with Crippen LogP contribution >= 0.6 is 0 Å². The third kappa shape index (κ3) is 5.62. The minimum Gasteiger partial charge on any atom is -0.370 e. The van der Waals surface area contributed by atoms with E-state index in [1.54, 1.807) is 43.3 Å². The molecular formula is C19H22N4O3. The number of carbonyl (C=O) groups is 3. The Morgan fingerprint density at radius 3 is 2.12 bits per heavy atom. The zero-order valence-electron chi connectivity index (χ0n) is 14.7. The van der Waals surface area contributed by atoms with Crippen molar-refractivity contribution in [3.63, 3.8) is 0 Å². The van der Waals surface area contributed by atoms with Gasteiger partial charge in [0.15, 0.2) is 0 Å². The molecule has 0 fully saturated rings. The lowest BCUT2D eigenvalue weighted by molar-refractivity contribution is -0.121. The number of nitrogens with one attached hydrogen (secondary N) is 4. The number of anilines is 2. The second-order valence-electron chi connectivity index (χ2n) is 5.60. The number of hydrogen-bond donors (Lipinski definition) is 4. The molecule has 136 valence electrons. The van der Waals surface area contributed by atoms with Gasteiger partial charge in [0.05, 0.1) is 0 Å². The molecular weight excluding hydrogens is 332 g/mol. The van der Waals surface area contributed by atoms with Gasteiger partial charge in [-0.05, 0) is 36.8 Å². The van der Waals surface area contributed by atoms with E-state index in [1.165, 1.54) is 6.92 Å². The molecule has 0 aliphatic rings. The van der Waals surface area contributed by atoms with Gasteiger partial charge in [-0.2, -0.15) is 0 Å². The summed E-state index contributed by atoms with van der Waals surface area (Å²) >= 11 is 0. The van der Waals surface area contributed by atoms with Gasteiger partial charge in [0.25, 0.3) is 5.91 Å². The van der Waals surface area contributed by atoms with Crippen LogP contribution in [0.2, 0.25) is 0 Å². The third-order valence-electron chi connectivity index (χ3n) is 3.49. The smallest absolute Gasteiger partial charge is 0.321 e. The predicted molar refractivity (Wildman–Crippen MR) is 101 cm³/mol. The lowest BCUT2D eigenvalue weighted by atomic mass is 10.1. The lowest BCUT2D eigenvalue weighted by Crippen LogP contribution is -2.43. The molecule has 0 aliphatic heterocycles. The minimum absolute atomic E-state index is 0.158. The lowest BCUT2D eigenvalue weighted by Gasteiger charge is -2.20. The molecule has 1 atom stereocenters. The molecule has 7 nitrogen and oxygen atoms in total. The molecule has 0 saturated heterocycles. The van der Waals surface area contributed by atoms with Crippen molar-refractivity contribution < 1.29 is 14.4 Å². The summed E-state index contributed by atoms with van der Waals surface area (Å²) in [5, 5.41) is 10.7. The first-order valence-corrected chi connectivity index (χ1v) is 8.27. The van der Waals surface area contributed by atoms with Gasteiger partial charge in [0.2, 0.25) is 5.91 Å². The number of hydrogen-bond acceptors (Lipinski definition) is 4. The van der Waals surface area contributed by atoms with Crippen molar-refractivity contribution in [3.05, 3.63) is 60.2 Å². The van der Waals surface area contributed by atoms with Crippen LogP contribution in [0, 0.1) is 0 Å². The summed E-state index contributed by atoms with van der Waals surface area (Å²) in [7, 11) is 0. The Morgan fingerprint density at radius 1 is 0.923 bits per heavy atom. The molecule has 2 aromatic carbocycles. The zero-order valence-corrected chi connectivity index (χ0v) is 14.7. The molecule has 2 aromatic rings. The molecule has 7 heteroatoms. The minimum atomic E-state index is -0.745. The number of benzene rings is 2. The van der Waals surface area contributed by atoms with E-state index in [-0.39, 0.29) is 5.91 Å². The summed E-state index contributed by atoms with van der Waals surface area (Å²) in [5.41, 5.74) is 2.06. The predicted octanol–water partition coefficient (Wildman–Crippen LogP) is 2.64. The molecule has 0 unspecified atom stereocenters. The second-order valence-corrected chi connectivity index (χ2v) is 5.60. The van der Waals surface area contributed by atoms with Crippen molar-refractivity contribution in [1.82, 2.24) is 10.6 Å². The van der Waals surface area contributed by atoms with E-state index in [9.17, 15) is 14.4 Å². The van der Waals surface area contributed by atoms with Crippen LogP contribution in [0.1, 0.15) is 25.5 Å². The molecule has 0 radical (unpaired) electrons.